The minimum Gasteiger partial charge on any atom is -0.507 e. The van der Waals surface area contributed by atoms with Crippen LogP contribution >= 0.6 is 0 Å². The molecule has 1 saturated heterocycles. The predicted molar refractivity (Wildman–Crippen MR) is 101 cm³/mol. The zero-order valence-corrected chi connectivity index (χ0v) is 16.1. The van der Waals surface area contributed by atoms with Gasteiger partial charge in [-0.15, -0.1) is 10.2 Å². The van der Waals surface area contributed by atoms with Crippen molar-refractivity contribution in [3.05, 3.63) is 34.9 Å². The van der Waals surface area contributed by atoms with Gasteiger partial charge in [0.1, 0.15) is 5.75 Å². The number of phenols is 1. The standard InChI is InChI=1S/C20H21F3N4O2/c1-11-7-13(20(21,22)23)9-16(28)18(11)15-8-12-5-6-27(19(12)25-24-15)14-3-4-17(29)26(2)10-14/h7-9,14,28H,3-6,10H2,1-2H3/t14-/m0/s1. The SMILES string of the molecule is Cc1cc(C(F)(F)F)cc(O)c1-c1cc2c(nn1)N([C@H]1CCC(=O)N(C)C1)CC2. The van der Waals surface area contributed by atoms with Gasteiger partial charge in [-0.1, -0.05) is 0 Å². The first-order valence-electron chi connectivity index (χ1n) is 9.43. The summed E-state index contributed by atoms with van der Waals surface area (Å²) in [6.45, 7) is 2.89. The van der Waals surface area contributed by atoms with Crippen molar-refractivity contribution in [1.29, 1.82) is 0 Å². The first kappa shape index (κ1) is 19.5. The average Bonchev–Trinajstić information content (AvgIpc) is 3.06. The van der Waals surface area contributed by atoms with Crippen LogP contribution in [0.1, 0.15) is 29.5 Å². The molecule has 2 aromatic rings. The number of anilines is 1. The number of rotatable bonds is 2. The maximum atomic E-state index is 13.0. The summed E-state index contributed by atoms with van der Waals surface area (Å²) in [5.74, 6) is 0.412. The van der Waals surface area contributed by atoms with Crippen LogP contribution in [0.4, 0.5) is 19.0 Å². The number of hydrogen-bond acceptors (Lipinski definition) is 5. The van der Waals surface area contributed by atoms with Gasteiger partial charge in [0, 0.05) is 43.7 Å². The van der Waals surface area contributed by atoms with Crippen LogP contribution in [0.5, 0.6) is 5.75 Å². The van der Waals surface area contributed by atoms with Crippen molar-refractivity contribution in [3.8, 4) is 17.0 Å². The molecule has 1 N–H and O–H groups in total. The number of hydrogen-bond donors (Lipinski definition) is 1. The molecule has 2 aliphatic rings. The molecular formula is C20H21F3N4O2. The highest BCUT2D eigenvalue weighted by atomic mass is 19.4. The van der Waals surface area contributed by atoms with Gasteiger partial charge in [-0.25, -0.2) is 0 Å². The number of amides is 1. The number of alkyl halides is 3. The Balaban J connectivity index is 1.64. The van der Waals surface area contributed by atoms with E-state index in [0.717, 1.165) is 42.9 Å². The van der Waals surface area contributed by atoms with E-state index in [1.807, 2.05) is 0 Å². The van der Waals surface area contributed by atoms with Crippen molar-refractivity contribution >= 4 is 11.7 Å². The Morgan fingerprint density at radius 3 is 2.59 bits per heavy atom. The van der Waals surface area contributed by atoms with Crippen molar-refractivity contribution in [2.45, 2.75) is 38.4 Å². The second-order valence-electron chi connectivity index (χ2n) is 7.67. The Kier molecular flexibility index (Phi) is 4.63. The van der Waals surface area contributed by atoms with Crippen LogP contribution in [0, 0.1) is 6.92 Å². The highest BCUT2D eigenvalue weighted by molar-refractivity contribution is 5.77. The van der Waals surface area contributed by atoms with Gasteiger partial charge in [-0.2, -0.15) is 13.2 Å². The Bertz CT molecular complexity index is 954. The van der Waals surface area contributed by atoms with Crippen molar-refractivity contribution in [2.24, 2.45) is 0 Å². The number of aromatic nitrogens is 2. The molecule has 1 fully saturated rings. The lowest BCUT2D eigenvalue weighted by atomic mass is 9.99. The van der Waals surface area contributed by atoms with E-state index in [-0.39, 0.29) is 23.1 Å². The van der Waals surface area contributed by atoms with Gasteiger partial charge in [0.25, 0.3) is 0 Å². The van der Waals surface area contributed by atoms with Gasteiger partial charge in [0.2, 0.25) is 5.91 Å². The number of fused-ring (bicyclic) bond motifs is 1. The number of piperidine rings is 1. The van der Waals surface area contributed by atoms with Gasteiger partial charge in [0.15, 0.2) is 5.82 Å². The fraction of sp³-hybridized carbons (Fsp3) is 0.450. The highest BCUT2D eigenvalue weighted by Crippen LogP contribution is 2.40. The molecule has 1 aromatic carbocycles. The van der Waals surface area contributed by atoms with Gasteiger partial charge in [0.05, 0.1) is 11.3 Å². The lowest BCUT2D eigenvalue weighted by molar-refractivity contribution is -0.137. The summed E-state index contributed by atoms with van der Waals surface area (Å²) in [5, 5.41) is 18.8. The Labute approximate surface area is 166 Å². The third-order valence-electron chi connectivity index (χ3n) is 5.69. The summed E-state index contributed by atoms with van der Waals surface area (Å²) in [7, 11) is 1.79. The molecule has 154 valence electrons. The molecule has 4 rings (SSSR count). The van der Waals surface area contributed by atoms with Crippen LogP contribution in [0.15, 0.2) is 18.2 Å². The molecule has 2 aliphatic heterocycles. The molecule has 0 radical (unpaired) electrons. The lowest BCUT2D eigenvalue weighted by Gasteiger charge is -2.36. The smallest absolute Gasteiger partial charge is 0.416 e. The van der Waals surface area contributed by atoms with E-state index in [2.05, 4.69) is 15.1 Å². The maximum absolute atomic E-state index is 13.0. The third-order valence-corrected chi connectivity index (χ3v) is 5.69. The molecule has 3 heterocycles. The van der Waals surface area contributed by atoms with Gasteiger partial charge >= 0.3 is 6.18 Å². The Morgan fingerprint density at radius 1 is 1.17 bits per heavy atom. The summed E-state index contributed by atoms with van der Waals surface area (Å²) >= 11 is 0. The average molecular weight is 406 g/mol. The summed E-state index contributed by atoms with van der Waals surface area (Å²) in [5.41, 5.74) is 0.939. The molecule has 0 bridgehead atoms. The number of benzene rings is 1. The largest absolute Gasteiger partial charge is 0.507 e. The number of likely N-dealkylation sites (tertiary alicyclic amines) is 1. The monoisotopic (exact) mass is 406 g/mol. The quantitative estimate of drug-likeness (QED) is 0.830. The molecule has 0 saturated carbocycles. The number of likely N-dealkylation sites (N-methyl/N-ethyl adjacent to an activating group) is 1. The zero-order valence-electron chi connectivity index (χ0n) is 16.1. The van der Waals surface area contributed by atoms with Crippen molar-refractivity contribution in [2.75, 3.05) is 25.0 Å². The van der Waals surface area contributed by atoms with Crippen molar-refractivity contribution in [3.63, 3.8) is 0 Å². The molecule has 9 heteroatoms. The fourth-order valence-corrected chi connectivity index (χ4v) is 4.18. The zero-order chi connectivity index (χ0) is 20.9. The molecule has 1 atom stereocenters. The molecule has 0 unspecified atom stereocenters. The van der Waals surface area contributed by atoms with Crippen LogP contribution in [-0.2, 0) is 17.4 Å². The topological polar surface area (TPSA) is 69.6 Å². The van der Waals surface area contributed by atoms with E-state index < -0.39 is 17.5 Å². The van der Waals surface area contributed by atoms with E-state index in [1.54, 1.807) is 18.0 Å². The number of aromatic hydroxyl groups is 1. The molecule has 1 amide bonds. The van der Waals surface area contributed by atoms with E-state index in [4.69, 9.17) is 0 Å². The normalized spacial score (nSPS) is 19.6. The number of halogens is 3. The number of nitrogens with zero attached hydrogens (tertiary/aromatic N) is 4. The van der Waals surface area contributed by atoms with Crippen LogP contribution in [0.25, 0.3) is 11.3 Å². The van der Waals surface area contributed by atoms with E-state index in [0.29, 0.717) is 18.7 Å². The number of phenolic OH excluding ortho intramolecular Hbond substituents is 1. The first-order valence-corrected chi connectivity index (χ1v) is 9.43. The van der Waals surface area contributed by atoms with Crippen molar-refractivity contribution < 1.29 is 23.1 Å². The summed E-state index contributed by atoms with van der Waals surface area (Å²) in [4.78, 5) is 15.6. The minimum absolute atomic E-state index is 0.135. The van der Waals surface area contributed by atoms with Crippen LogP contribution < -0.4 is 4.90 Å². The number of carbonyl (C=O) groups is 1. The number of aryl methyl sites for hydroxylation is 1. The van der Waals surface area contributed by atoms with Crippen LogP contribution in [0.2, 0.25) is 0 Å². The molecule has 0 aliphatic carbocycles. The fourth-order valence-electron chi connectivity index (χ4n) is 4.18. The summed E-state index contributed by atoms with van der Waals surface area (Å²) in [6.07, 6.45) is -2.55. The molecule has 1 aromatic heterocycles. The molecule has 0 spiro atoms. The van der Waals surface area contributed by atoms with Crippen LogP contribution in [0.3, 0.4) is 0 Å². The van der Waals surface area contributed by atoms with Crippen LogP contribution in [-0.4, -0.2) is 52.3 Å². The number of carbonyl (C=O) groups excluding carboxylic acids is 1. The van der Waals surface area contributed by atoms with Gasteiger partial charge < -0.3 is 14.9 Å². The van der Waals surface area contributed by atoms with Gasteiger partial charge in [-0.05, 0) is 43.5 Å². The molecule has 6 nitrogen and oxygen atoms in total. The first-order chi connectivity index (χ1) is 13.6. The van der Waals surface area contributed by atoms with E-state index in [1.165, 1.54) is 6.92 Å². The second-order valence-corrected chi connectivity index (χ2v) is 7.67. The molecule has 29 heavy (non-hydrogen) atoms. The molecular weight excluding hydrogens is 385 g/mol. The summed E-state index contributed by atoms with van der Waals surface area (Å²) in [6, 6.07) is 3.68. The van der Waals surface area contributed by atoms with Crippen molar-refractivity contribution in [1.82, 2.24) is 15.1 Å². The van der Waals surface area contributed by atoms with E-state index >= 15 is 0 Å². The van der Waals surface area contributed by atoms with Gasteiger partial charge in [-0.3, -0.25) is 4.79 Å². The minimum atomic E-state index is -4.53. The summed E-state index contributed by atoms with van der Waals surface area (Å²) < 4.78 is 38.9. The maximum Gasteiger partial charge on any atom is 0.416 e. The van der Waals surface area contributed by atoms with E-state index in [9.17, 15) is 23.1 Å². The second kappa shape index (κ2) is 6.89. The third kappa shape index (κ3) is 3.49. The Morgan fingerprint density at radius 2 is 1.93 bits per heavy atom. The highest BCUT2D eigenvalue weighted by Gasteiger charge is 2.34. The predicted octanol–water partition coefficient (Wildman–Crippen LogP) is 3.16. The Hall–Kier alpha value is -2.84. The lowest BCUT2D eigenvalue weighted by Crippen LogP contribution is -2.48.